The molecular formula is C16H34N4. The highest BCUT2D eigenvalue weighted by Crippen LogP contribution is 2.08. The highest BCUT2D eigenvalue weighted by Gasteiger charge is 2.09. The molecule has 0 amide bonds. The van der Waals surface area contributed by atoms with Crippen LogP contribution in [0.1, 0.15) is 59.3 Å². The molecule has 0 bridgehead atoms. The number of nitrogens with zero attached hydrogens (tertiary/aromatic N) is 2. The Kier molecular flexibility index (Phi) is 8.67. The van der Waals surface area contributed by atoms with Gasteiger partial charge >= 0.3 is 0 Å². The molecule has 0 saturated carbocycles. The predicted octanol–water partition coefficient (Wildman–Crippen LogP) is 2.59. The molecule has 4 heteroatoms. The molecule has 1 aliphatic rings. The van der Waals surface area contributed by atoms with Crippen LogP contribution >= 0.6 is 0 Å². The molecule has 1 heterocycles. The zero-order valence-electron chi connectivity index (χ0n) is 13.7. The number of hydrogen-bond acceptors (Lipinski definition) is 2. The summed E-state index contributed by atoms with van der Waals surface area (Å²) in [5.41, 5.74) is 5.94. The maximum atomic E-state index is 5.94. The average molecular weight is 282 g/mol. The number of nitrogens with two attached hydrogens (primary N) is 1. The zero-order valence-corrected chi connectivity index (χ0v) is 13.7. The summed E-state index contributed by atoms with van der Waals surface area (Å²) in [5.74, 6) is 1.40. The van der Waals surface area contributed by atoms with Crippen molar-refractivity contribution in [1.29, 1.82) is 0 Å². The van der Waals surface area contributed by atoms with E-state index >= 15 is 0 Å². The average Bonchev–Trinajstić information content (AvgIpc) is 2.39. The van der Waals surface area contributed by atoms with Gasteiger partial charge in [0.05, 0.1) is 6.54 Å². The van der Waals surface area contributed by atoms with Crippen LogP contribution in [0, 0.1) is 5.92 Å². The van der Waals surface area contributed by atoms with E-state index in [1.54, 1.807) is 0 Å². The van der Waals surface area contributed by atoms with Crippen molar-refractivity contribution in [2.75, 3.05) is 26.2 Å². The van der Waals surface area contributed by atoms with Crippen LogP contribution in [-0.2, 0) is 0 Å². The van der Waals surface area contributed by atoms with Crippen molar-refractivity contribution in [3.8, 4) is 0 Å². The van der Waals surface area contributed by atoms with Gasteiger partial charge in [-0.15, -0.1) is 0 Å². The van der Waals surface area contributed by atoms with Gasteiger partial charge in [-0.25, -0.2) is 0 Å². The predicted molar refractivity (Wildman–Crippen MR) is 88.1 cm³/mol. The van der Waals surface area contributed by atoms with Crippen LogP contribution in [0.5, 0.6) is 0 Å². The van der Waals surface area contributed by atoms with Gasteiger partial charge in [-0.3, -0.25) is 4.99 Å². The molecule has 1 atom stereocenters. The topological polar surface area (TPSA) is 53.6 Å². The molecule has 0 spiro atoms. The second kappa shape index (κ2) is 10.0. The van der Waals surface area contributed by atoms with E-state index in [1.165, 1.54) is 51.6 Å². The standard InChI is InChI=1S/C16H34N4/c1-14(2)8-7-9-15(3)19-16(17)18-10-13-20-11-5-4-6-12-20/h14-15H,4-13H2,1-3H3,(H3,17,18,19). The molecular weight excluding hydrogens is 248 g/mol. The highest BCUT2D eigenvalue weighted by molar-refractivity contribution is 5.78. The molecule has 1 fully saturated rings. The molecule has 20 heavy (non-hydrogen) atoms. The summed E-state index contributed by atoms with van der Waals surface area (Å²) in [5, 5.41) is 3.30. The summed E-state index contributed by atoms with van der Waals surface area (Å²) in [6.07, 6.45) is 7.78. The largest absolute Gasteiger partial charge is 0.370 e. The molecule has 0 aromatic carbocycles. The molecule has 0 aromatic rings. The Labute approximate surface area is 125 Å². The van der Waals surface area contributed by atoms with Gasteiger partial charge in [-0.1, -0.05) is 33.1 Å². The Morgan fingerprint density at radius 1 is 1.15 bits per heavy atom. The first-order valence-electron chi connectivity index (χ1n) is 8.36. The lowest BCUT2D eigenvalue weighted by molar-refractivity contribution is 0.235. The normalized spacial score (nSPS) is 19.3. The number of aliphatic imine (C=N–C) groups is 1. The van der Waals surface area contributed by atoms with Crippen LogP contribution in [-0.4, -0.2) is 43.1 Å². The van der Waals surface area contributed by atoms with E-state index in [2.05, 4.69) is 36.0 Å². The third-order valence-corrected chi connectivity index (χ3v) is 3.96. The summed E-state index contributed by atoms with van der Waals surface area (Å²) in [4.78, 5) is 6.94. The lowest BCUT2D eigenvalue weighted by Gasteiger charge is -2.25. The van der Waals surface area contributed by atoms with E-state index in [9.17, 15) is 0 Å². The second-order valence-electron chi connectivity index (χ2n) is 6.54. The lowest BCUT2D eigenvalue weighted by atomic mass is 10.0. The quantitative estimate of drug-likeness (QED) is 0.531. The molecule has 3 N–H and O–H groups in total. The van der Waals surface area contributed by atoms with Gasteiger partial charge in [0.1, 0.15) is 0 Å². The molecule has 118 valence electrons. The Morgan fingerprint density at radius 3 is 2.50 bits per heavy atom. The van der Waals surface area contributed by atoms with Gasteiger partial charge < -0.3 is 16.0 Å². The van der Waals surface area contributed by atoms with Crippen molar-refractivity contribution in [3.05, 3.63) is 0 Å². The van der Waals surface area contributed by atoms with Crippen molar-refractivity contribution in [2.24, 2.45) is 16.6 Å². The number of nitrogens with one attached hydrogen (secondary N) is 1. The van der Waals surface area contributed by atoms with Crippen molar-refractivity contribution in [1.82, 2.24) is 10.2 Å². The number of hydrogen-bond donors (Lipinski definition) is 2. The first-order valence-corrected chi connectivity index (χ1v) is 8.36. The third-order valence-electron chi connectivity index (χ3n) is 3.96. The van der Waals surface area contributed by atoms with Gasteiger partial charge in [0.2, 0.25) is 0 Å². The number of piperidine rings is 1. The molecule has 1 unspecified atom stereocenters. The van der Waals surface area contributed by atoms with E-state index in [4.69, 9.17) is 5.73 Å². The number of likely N-dealkylation sites (tertiary alicyclic amines) is 1. The van der Waals surface area contributed by atoms with Gasteiger partial charge in [0.25, 0.3) is 0 Å². The van der Waals surface area contributed by atoms with Gasteiger partial charge in [0, 0.05) is 12.6 Å². The Bertz CT molecular complexity index is 270. The molecule has 1 rings (SSSR count). The molecule has 0 aliphatic carbocycles. The van der Waals surface area contributed by atoms with E-state index < -0.39 is 0 Å². The van der Waals surface area contributed by atoms with Crippen molar-refractivity contribution >= 4 is 5.96 Å². The van der Waals surface area contributed by atoms with Crippen molar-refractivity contribution in [3.63, 3.8) is 0 Å². The first-order chi connectivity index (χ1) is 9.58. The molecule has 0 radical (unpaired) electrons. The van der Waals surface area contributed by atoms with Gasteiger partial charge in [-0.2, -0.15) is 0 Å². The number of guanidine groups is 1. The van der Waals surface area contributed by atoms with E-state index in [1.807, 2.05) is 0 Å². The van der Waals surface area contributed by atoms with Crippen LogP contribution < -0.4 is 11.1 Å². The van der Waals surface area contributed by atoms with Crippen LogP contribution in [0.25, 0.3) is 0 Å². The summed E-state index contributed by atoms with van der Waals surface area (Å²) in [7, 11) is 0. The molecule has 4 nitrogen and oxygen atoms in total. The minimum absolute atomic E-state index is 0.424. The van der Waals surface area contributed by atoms with Crippen molar-refractivity contribution in [2.45, 2.75) is 65.3 Å². The number of rotatable bonds is 8. The Morgan fingerprint density at radius 2 is 1.85 bits per heavy atom. The van der Waals surface area contributed by atoms with Crippen LogP contribution in [0.3, 0.4) is 0 Å². The minimum atomic E-state index is 0.424. The van der Waals surface area contributed by atoms with Crippen LogP contribution in [0.2, 0.25) is 0 Å². The fourth-order valence-corrected chi connectivity index (χ4v) is 2.70. The van der Waals surface area contributed by atoms with E-state index in [0.717, 1.165) is 19.0 Å². The van der Waals surface area contributed by atoms with E-state index in [-0.39, 0.29) is 0 Å². The summed E-state index contributed by atoms with van der Waals surface area (Å²) >= 11 is 0. The smallest absolute Gasteiger partial charge is 0.188 e. The minimum Gasteiger partial charge on any atom is -0.370 e. The highest BCUT2D eigenvalue weighted by atomic mass is 15.2. The van der Waals surface area contributed by atoms with Crippen molar-refractivity contribution < 1.29 is 0 Å². The SMILES string of the molecule is CC(C)CCCC(C)NC(N)=NCCN1CCCCC1. The zero-order chi connectivity index (χ0) is 14.8. The monoisotopic (exact) mass is 282 g/mol. The maximum Gasteiger partial charge on any atom is 0.188 e. The van der Waals surface area contributed by atoms with Gasteiger partial charge in [-0.05, 0) is 45.2 Å². The first kappa shape index (κ1) is 17.3. The van der Waals surface area contributed by atoms with E-state index in [0.29, 0.717) is 12.0 Å². The van der Waals surface area contributed by atoms with Crippen LogP contribution in [0.15, 0.2) is 4.99 Å². The summed E-state index contributed by atoms with van der Waals surface area (Å²) in [6.45, 7) is 11.1. The molecule has 1 aliphatic heterocycles. The van der Waals surface area contributed by atoms with Gasteiger partial charge in [0.15, 0.2) is 5.96 Å². The maximum absolute atomic E-state index is 5.94. The van der Waals surface area contributed by atoms with Crippen LogP contribution in [0.4, 0.5) is 0 Å². The Balaban J connectivity index is 2.10. The molecule has 0 aromatic heterocycles. The summed E-state index contributed by atoms with van der Waals surface area (Å²) < 4.78 is 0. The lowest BCUT2D eigenvalue weighted by Crippen LogP contribution is -2.39. The Hall–Kier alpha value is -0.770. The third kappa shape index (κ3) is 8.41. The fourth-order valence-electron chi connectivity index (χ4n) is 2.70. The fraction of sp³-hybridized carbons (Fsp3) is 0.938. The summed E-state index contributed by atoms with van der Waals surface area (Å²) in [6, 6.07) is 0.424. The molecule has 1 saturated heterocycles. The second-order valence-corrected chi connectivity index (χ2v) is 6.54.